The summed E-state index contributed by atoms with van der Waals surface area (Å²) in [4.78, 5) is 27.6. The van der Waals surface area contributed by atoms with Crippen LogP contribution in [0.2, 0.25) is 0 Å². The third-order valence-electron chi connectivity index (χ3n) is 3.18. The van der Waals surface area contributed by atoms with E-state index in [1.807, 2.05) is 0 Å². The molecule has 0 unspecified atom stereocenters. The van der Waals surface area contributed by atoms with Crippen molar-refractivity contribution in [3.05, 3.63) is 66.8 Å². The van der Waals surface area contributed by atoms with Crippen molar-refractivity contribution >= 4 is 11.6 Å². The summed E-state index contributed by atoms with van der Waals surface area (Å²) in [6.45, 7) is 0.717. The van der Waals surface area contributed by atoms with Crippen LogP contribution in [0, 0.1) is 0 Å². The Morgan fingerprint density at radius 3 is 2.54 bits per heavy atom. The van der Waals surface area contributed by atoms with Crippen LogP contribution in [0.3, 0.4) is 0 Å². The minimum Gasteiger partial charge on any atom is -0.452 e. The van der Waals surface area contributed by atoms with Gasteiger partial charge < -0.3 is 10.1 Å². The molecule has 3 heterocycles. The topological polar surface area (TPSA) is 89.9 Å². The maximum atomic E-state index is 13.4. The molecule has 0 aromatic carbocycles. The summed E-state index contributed by atoms with van der Waals surface area (Å²) in [5.41, 5.74) is -0.295. The minimum atomic E-state index is -3.14. The van der Waals surface area contributed by atoms with Gasteiger partial charge in [-0.2, -0.15) is 8.78 Å². The number of anilines is 1. The number of amides is 1. The number of hydrogen-bond donors (Lipinski definition) is 1. The van der Waals surface area contributed by atoms with Crippen molar-refractivity contribution in [1.82, 2.24) is 19.9 Å². The molecule has 0 fully saturated rings. The number of alkyl halides is 2. The summed E-state index contributed by atoms with van der Waals surface area (Å²) in [6.07, 6.45) is 7.14. The Kier molecular flexibility index (Phi) is 4.78. The van der Waals surface area contributed by atoms with E-state index in [4.69, 9.17) is 4.74 Å². The number of halogens is 2. The predicted molar refractivity (Wildman–Crippen MR) is 88.1 cm³/mol. The smallest absolute Gasteiger partial charge is 0.287 e. The fraction of sp³-hybridized carbons (Fsp3) is 0.118. The standard InChI is InChI=1S/C17H13F2N5O2/c1-17(18,19)15-4-2-3-14(24-15)16(25)23-11-5-12(7-20-6-11)26-13-8-21-10-22-9-13/h2-10H,1H3,(H,23,25). The van der Waals surface area contributed by atoms with Gasteiger partial charge in [0, 0.05) is 13.0 Å². The molecule has 1 N–H and O–H groups in total. The lowest BCUT2D eigenvalue weighted by atomic mass is 10.2. The van der Waals surface area contributed by atoms with Gasteiger partial charge in [-0.25, -0.2) is 15.0 Å². The van der Waals surface area contributed by atoms with Crippen LogP contribution in [0.25, 0.3) is 0 Å². The molecule has 0 spiro atoms. The van der Waals surface area contributed by atoms with E-state index < -0.39 is 17.5 Å². The van der Waals surface area contributed by atoms with Crippen molar-refractivity contribution in [2.45, 2.75) is 12.8 Å². The van der Waals surface area contributed by atoms with E-state index in [-0.39, 0.29) is 5.69 Å². The lowest BCUT2D eigenvalue weighted by Crippen LogP contribution is -2.17. The van der Waals surface area contributed by atoms with Crippen molar-refractivity contribution < 1.29 is 18.3 Å². The van der Waals surface area contributed by atoms with E-state index in [1.165, 1.54) is 49.3 Å². The molecule has 9 heteroatoms. The van der Waals surface area contributed by atoms with Gasteiger partial charge in [-0.3, -0.25) is 9.78 Å². The number of nitrogens with one attached hydrogen (secondary N) is 1. The zero-order valence-electron chi connectivity index (χ0n) is 13.6. The van der Waals surface area contributed by atoms with E-state index in [1.54, 1.807) is 0 Å². The number of ether oxygens (including phenoxy) is 1. The monoisotopic (exact) mass is 357 g/mol. The van der Waals surface area contributed by atoms with Crippen LogP contribution >= 0.6 is 0 Å². The second kappa shape index (κ2) is 7.18. The van der Waals surface area contributed by atoms with Crippen LogP contribution < -0.4 is 10.1 Å². The molecule has 0 aliphatic rings. The molecule has 0 saturated carbocycles. The van der Waals surface area contributed by atoms with Gasteiger partial charge in [-0.1, -0.05) is 6.07 Å². The number of nitrogens with zero attached hydrogens (tertiary/aromatic N) is 4. The molecule has 3 aromatic rings. The summed E-state index contributed by atoms with van der Waals surface area (Å²) in [6, 6.07) is 5.38. The van der Waals surface area contributed by atoms with Crippen LogP contribution in [0.1, 0.15) is 23.1 Å². The molecule has 0 aliphatic heterocycles. The molecular formula is C17H13F2N5O2. The Bertz CT molecular complexity index is 916. The number of hydrogen-bond acceptors (Lipinski definition) is 6. The van der Waals surface area contributed by atoms with Crippen LogP contribution in [-0.4, -0.2) is 25.8 Å². The van der Waals surface area contributed by atoms with Gasteiger partial charge in [-0.15, -0.1) is 0 Å². The normalized spacial score (nSPS) is 11.0. The molecule has 26 heavy (non-hydrogen) atoms. The lowest BCUT2D eigenvalue weighted by molar-refractivity contribution is 0.0126. The van der Waals surface area contributed by atoms with Gasteiger partial charge in [-0.05, 0) is 12.1 Å². The Morgan fingerprint density at radius 2 is 1.81 bits per heavy atom. The van der Waals surface area contributed by atoms with E-state index in [2.05, 4.69) is 25.3 Å². The molecule has 3 aromatic heterocycles. The van der Waals surface area contributed by atoms with Gasteiger partial charge in [0.1, 0.15) is 23.5 Å². The van der Waals surface area contributed by atoms with E-state index in [9.17, 15) is 13.6 Å². The second-order valence-corrected chi connectivity index (χ2v) is 5.34. The molecule has 7 nitrogen and oxygen atoms in total. The first-order chi connectivity index (χ1) is 12.4. The summed E-state index contributed by atoms with van der Waals surface area (Å²) in [7, 11) is 0. The number of aromatic nitrogens is 4. The molecule has 1 amide bonds. The van der Waals surface area contributed by atoms with Crippen molar-refractivity contribution in [2.75, 3.05) is 5.32 Å². The minimum absolute atomic E-state index is 0.133. The third-order valence-corrected chi connectivity index (χ3v) is 3.18. The van der Waals surface area contributed by atoms with E-state index in [0.717, 1.165) is 13.0 Å². The molecule has 132 valence electrons. The molecular weight excluding hydrogens is 344 g/mol. The number of rotatable bonds is 5. The molecule has 0 radical (unpaired) electrons. The van der Waals surface area contributed by atoms with Crippen LogP contribution in [0.5, 0.6) is 11.5 Å². The Labute approximate surface area is 147 Å². The Hall–Kier alpha value is -3.49. The third kappa shape index (κ3) is 4.32. The van der Waals surface area contributed by atoms with Crippen LogP contribution in [-0.2, 0) is 5.92 Å². The van der Waals surface area contributed by atoms with Crippen molar-refractivity contribution in [3.63, 3.8) is 0 Å². The lowest BCUT2D eigenvalue weighted by Gasteiger charge is -2.11. The fourth-order valence-corrected chi connectivity index (χ4v) is 2.02. The van der Waals surface area contributed by atoms with E-state index in [0.29, 0.717) is 17.2 Å². The quantitative estimate of drug-likeness (QED) is 0.752. The van der Waals surface area contributed by atoms with Crippen molar-refractivity contribution in [1.29, 1.82) is 0 Å². The summed E-state index contributed by atoms with van der Waals surface area (Å²) < 4.78 is 32.2. The average Bonchev–Trinajstić information content (AvgIpc) is 2.62. The fourth-order valence-electron chi connectivity index (χ4n) is 2.02. The van der Waals surface area contributed by atoms with Gasteiger partial charge in [0.2, 0.25) is 0 Å². The number of carbonyl (C=O) groups excluding carboxylic acids is 1. The summed E-state index contributed by atoms with van der Waals surface area (Å²) >= 11 is 0. The van der Waals surface area contributed by atoms with Gasteiger partial charge >= 0.3 is 0 Å². The highest BCUT2D eigenvalue weighted by Crippen LogP contribution is 2.25. The van der Waals surface area contributed by atoms with E-state index >= 15 is 0 Å². The maximum Gasteiger partial charge on any atom is 0.287 e. The predicted octanol–water partition coefficient (Wildman–Crippen LogP) is 3.42. The van der Waals surface area contributed by atoms with Crippen molar-refractivity contribution in [3.8, 4) is 11.5 Å². The first-order valence-electron chi connectivity index (χ1n) is 7.46. The maximum absolute atomic E-state index is 13.4. The number of carbonyl (C=O) groups is 1. The zero-order chi connectivity index (χ0) is 18.6. The zero-order valence-corrected chi connectivity index (χ0v) is 13.6. The second-order valence-electron chi connectivity index (χ2n) is 5.34. The molecule has 0 atom stereocenters. The highest BCUT2D eigenvalue weighted by atomic mass is 19.3. The first-order valence-corrected chi connectivity index (χ1v) is 7.46. The summed E-state index contributed by atoms with van der Waals surface area (Å²) in [5.74, 6) is -3.03. The molecule has 0 aliphatic carbocycles. The largest absolute Gasteiger partial charge is 0.452 e. The first kappa shape index (κ1) is 17.3. The van der Waals surface area contributed by atoms with Crippen LogP contribution in [0.4, 0.5) is 14.5 Å². The Morgan fingerprint density at radius 1 is 1.08 bits per heavy atom. The Balaban J connectivity index is 1.75. The van der Waals surface area contributed by atoms with Gasteiger partial charge in [0.15, 0.2) is 5.75 Å². The summed E-state index contributed by atoms with van der Waals surface area (Å²) in [5, 5.41) is 2.54. The number of pyridine rings is 2. The molecule has 0 bridgehead atoms. The molecule has 3 rings (SSSR count). The van der Waals surface area contributed by atoms with Crippen molar-refractivity contribution in [2.24, 2.45) is 0 Å². The highest BCUT2D eigenvalue weighted by Gasteiger charge is 2.26. The highest BCUT2D eigenvalue weighted by molar-refractivity contribution is 6.02. The average molecular weight is 357 g/mol. The van der Waals surface area contributed by atoms with Crippen LogP contribution in [0.15, 0.2) is 55.4 Å². The van der Waals surface area contributed by atoms with Gasteiger partial charge in [0.25, 0.3) is 11.8 Å². The van der Waals surface area contributed by atoms with Gasteiger partial charge in [0.05, 0.1) is 30.5 Å². The molecule has 0 saturated heterocycles. The SMILES string of the molecule is CC(F)(F)c1cccc(C(=O)Nc2cncc(Oc3cncnc3)c2)n1.